The monoisotopic (exact) mass is 262 g/mol. The van der Waals surface area contributed by atoms with Gasteiger partial charge in [-0.15, -0.1) is 0 Å². The van der Waals surface area contributed by atoms with Gasteiger partial charge in [-0.25, -0.2) is 0 Å². The number of Topliss-reactive ketones (excluding diaryl/α,β-unsaturated/α-hetero) is 1. The third kappa shape index (κ3) is 6.75. The molecular weight excluding hydrogens is 240 g/mol. The zero-order chi connectivity index (χ0) is 14.5. The lowest BCUT2D eigenvalue weighted by Gasteiger charge is -2.19. The van der Waals surface area contributed by atoms with Crippen molar-refractivity contribution in [2.45, 2.75) is 52.6 Å². The number of hydrogen-bond donors (Lipinski definition) is 0. The summed E-state index contributed by atoms with van der Waals surface area (Å²) in [5.41, 5.74) is 1.78. The van der Waals surface area contributed by atoms with Crippen LogP contribution in [-0.2, 0) is 20.7 Å². The predicted octanol–water partition coefficient (Wildman–Crippen LogP) is 3.23. The summed E-state index contributed by atoms with van der Waals surface area (Å²) in [6.45, 7) is 7.41. The normalized spacial score (nSPS) is 11.2. The van der Waals surface area contributed by atoms with Crippen molar-refractivity contribution in [2.24, 2.45) is 0 Å². The van der Waals surface area contributed by atoms with Gasteiger partial charge in [0.2, 0.25) is 0 Å². The fraction of sp³-hybridized carbons (Fsp3) is 0.500. The molecule has 0 bridgehead atoms. The molecule has 0 atom stereocenters. The van der Waals surface area contributed by atoms with E-state index in [0.29, 0.717) is 12.8 Å². The number of rotatable bonds is 5. The van der Waals surface area contributed by atoms with Gasteiger partial charge < -0.3 is 4.74 Å². The van der Waals surface area contributed by atoms with Gasteiger partial charge in [0.25, 0.3) is 0 Å². The van der Waals surface area contributed by atoms with Gasteiger partial charge in [-0.3, -0.25) is 9.59 Å². The van der Waals surface area contributed by atoms with Gasteiger partial charge in [-0.1, -0.05) is 29.8 Å². The molecule has 0 heterocycles. The lowest BCUT2D eigenvalue weighted by atomic mass is 10.0. The van der Waals surface area contributed by atoms with Crippen LogP contribution in [0.15, 0.2) is 24.3 Å². The van der Waals surface area contributed by atoms with E-state index >= 15 is 0 Å². The van der Waals surface area contributed by atoms with Gasteiger partial charge in [0, 0.05) is 6.42 Å². The number of benzene rings is 1. The summed E-state index contributed by atoms with van der Waals surface area (Å²) < 4.78 is 5.12. The molecule has 1 rings (SSSR count). The van der Waals surface area contributed by atoms with Gasteiger partial charge >= 0.3 is 5.97 Å². The van der Waals surface area contributed by atoms with Crippen LogP contribution in [0.2, 0.25) is 0 Å². The molecule has 0 aromatic heterocycles. The van der Waals surface area contributed by atoms with E-state index in [1.165, 1.54) is 5.56 Å². The Morgan fingerprint density at radius 1 is 1.11 bits per heavy atom. The second-order valence-corrected chi connectivity index (χ2v) is 5.79. The molecule has 0 amide bonds. The quantitative estimate of drug-likeness (QED) is 0.604. The van der Waals surface area contributed by atoms with Crippen molar-refractivity contribution in [3.8, 4) is 0 Å². The molecular formula is C16H22O3. The minimum atomic E-state index is -0.533. The van der Waals surface area contributed by atoms with E-state index in [9.17, 15) is 9.59 Å². The highest BCUT2D eigenvalue weighted by Crippen LogP contribution is 2.10. The Morgan fingerprint density at radius 3 is 2.21 bits per heavy atom. The van der Waals surface area contributed by atoms with Crippen molar-refractivity contribution in [1.29, 1.82) is 0 Å². The van der Waals surface area contributed by atoms with E-state index < -0.39 is 11.6 Å². The fourth-order valence-electron chi connectivity index (χ4n) is 1.67. The van der Waals surface area contributed by atoms with Crippen LogP contribution in [0.3, 0.4) is 0 Å². The highest BCUT2D eigenvalue weighted by atomic mass is 16.6. The Hall–Kier alpha value is -1.64. The first kappa shape index (κ1) is 15.4. The second kappa shape index (κ2) is 6.50. The number of aryl methyl sites for hydroxylation is 2. The standard InChI is InChI=1S/C16H22O3/c1-12-5-7-13(8-6-12)9-10-14(17)11-15(18)19-16(2,3)4/h5-8H,9-11H2,1-4H3. The Labute approximate surface area is 115 Å². The minimum Gasteiger partial charge on any atom is -0.460 e. The van der Waals surface area contributed by atoms with Crippen LogP contribution in [0, 0.1) is 6.92 Å². The minimum absolute atomic E-state index is 0.0742. The highest BCUT2D eigenvalue weighted by molar-refractivity contribution is 5.95. The van der Waals surface area contributed by atoms with Crippen LogP contribution in [0.1, 0.15) is 44.7 Å². The number of ether oxygens (including phenoxy) is 1. The summed E-state index contributed by atoms with van der Waals surface area (Å²) in [6.07, 6.45) is 0.910. The Bertz CT molecular complexity index is 438. The van der Waals surface area contributed by atoms with Crippen molar-refractivity contribution in [3.63, 3.8) is 0 Å². The smallest absolute Gasteiger partial charge is 0.313 e. The van der Waals surface area contributed by atoms with Gasteiger partial charge in [-0.05, 0) is 39.7 Å². The fourth-order valence-corrected chi connectivity index (χ4v) is 1.67. The number of esters is 1. The third-order valence-electron chi connectivity index (χ3n) is 2.57. The number of carbonyl (C=O) groups excluding carboxylic acids is 2. The summed E-state index contributed by atoms with van der Waals surface area (Å²) >= 11 is 0. The van der Waals surface area contributed by atoms with Crippen LogP contribution >= 0.6 is 0 Å². The lowest BCUT2D eigenvalue weighted by molar-refractivity contribution is -0.156. The predicted molar refractivity (Wildman–Crippen MR) is 75.0 cm³/mol. The number of carbonyl (C=O) groups is 2. The average Bonchev–Trinajstić information content (AvgIpc) is 2.25. The molecule has 0 N–H and O–H groups in total. The average molecular weight is 262 g/mol. The maximum Gasteiger partial charge on any atom is 0.313 e. The van der Waals surface area contributed by atoms with E-state index in [2.05, 4.69) is 0 Å². The van der Waals surface area contributed by atoms with Crippen molar-refractivity contribution >= 4 is 11.8 Å². The topological polar surface area (TPSA) is 43.4 Å². The summed E-state index contributed by atoms with van der Waals surface area (Å²) in [5.74, 6) is -0.517. The molecule has 0 fully saturated rings. The Morgan fingerprint density at radius 2 is 1.68 bits per heavy atom. The second-order valence-electron chi connectivity index (χ2n) is 5.79. The van der Waals surface area contributed by atoms with Crippen molar-refractivity contribution in [2.75, 3.05) is 0 Å². The SMILES string of the molecule is Cc1ccc(CCC(=O)CC(=O)OC(C)(C)C)cc1. The molecule has 19 heavy (non-hydrogen) atoms. The van der Waals surface area contributed by atoms with Crippen LogP contribution in [0.4, 0.5) is 0 Å². The molecule has 0 aliphatic rings. The van der Waals surface area contributed by atoms with Gasteiger partial charge in [0.05, 0.1) is 0 Å². The van der Waals surface area contributed by atoms with Crippen LogP contribution in [0.25, 0.3) is 0 Å². The first-order valence-corrected chi connectivity index (χ1v) is 6.55. The molecule has 0 spiro atoms. The van der Waals surface area contributed by atoms with E-state index in [1.54, 1.807) is 20.8 Å². The van der Waals surface area contributed by atoms with Crippen molar-refractivity contribution in [3.05, 3.63) is 35.4 Å². The van der Waals surface area contributed by atoms with E-state index in [1.807, 2.05) is 31.2 Å². The van der Waals surface area contributed by atoms with E-state index in [0.717, 1.165) is 5.56 Å². The zero-order valence-corrected chi connectivity index (χ0v) is 12.2. The molecule has 3 nitrogen and oxygen atoms in total. The molecule has 1 aromatic rings. The first-order chi connectivity index (χ1) is 8.76. The Kier molecular flexibility index (Phi) is 5.28. The number of ketones is 1. The summed E-state index contributed by atoms with van der Waals surface area (Å²) in [6, 6.07) is 8.06. The van der Waals surface area contributed by atoms with Crippen LogP contribution < -0.4 is 0 Å². The first-order valence-electron chi connectivity index (χ1n) is 6.55. The summed E-state index contributed by atoms with van der Waals surface area (Å²) in [5, 5.41) is 0. The van der Waals surface area contributed by atoms with Crippen LogP contribution in [-0.4, -0.2) is 17.4 Å². The molecule has 0 saturated carbocycles. The third-order valence-corrected chi connectivity index (χ3v) is 2.57. The van der Waals surface area contributed by atoms with Gasteiger partial charge in [0.1, 0.15) is 17.8 Å². The highest BCUT2D eigenvalue weighted by Gasteiger charge is 2.18. The van der Waals surface area contributed by atoms with Crippen molar-refractivity contribution in [1.82, 2.24) is 0 Å². The zero-order valence-electron chi connectivity index (χ0n) is 12.2. The molecule has 1 aromatic carbocycles. The summed E-state index contributed by atoms with van der Waals surface area (Å²) in [7, 11) is 0. The molecule has 0 aliphatic carbocycles. The maximum atomic E-state index is 11.7. The van der Waals surface area contributed by atoms with Crippen LogP contribution in [0.5, 0.6) is 0 Å². The molecule has 0 unspecified atom stereocenters. The van der Waals surface area contributed by atoms with Crippen molar-refractivity contribution < 1.29 is 14.3 Å². The van der Waals surface area contributed by atoms with Gasteiger partial charge in [0.15, 0.2) is 0 Å². The molecule has 0 saturated heterocycles. The maximum absolute atomic E-state index is 11.7. The molecule has 0 radical (unpaired) electrons. The summed E-state index contributed by atoms with van der Waals surface area (Å²) in [4.78, 5) is 23.2. The van der Waals surface area contributed by atoms with E-state index in [-0.39, 0.29) is 12.2 Å². The molecule has 3 heteroatoms. The number of hydrogen-bond acceptors (Lipinski definition) is 3. The molecule has 104 valence electrons. The van der Waals surface area contributed by atoms with Gasteiger partial charge in [-0.2, -0.15) is 0 Å². The Balaban J connectivity index is 2.36. The van der Waals surface area contributed by atoms with E-state index in [4.69, 9.17) is 4.74 Å². The largest absolute Gasteiger partial charge is 0.460 e. The molecule has 0 aliphatic heterocycles. The lowest BCUT2D eigenvalue weighted by Crippen LogP contribution is -2.25.